The molecule has 0 amide bonds. The van der Waals surface area contributed by atoms with E-state index in [0.29, 0.717) is 16.0 Å². The second-order valence-corrected chi connectivity index (χ2v) is 6.59. The summed E-state index contributed by atoms with van der Waals surface area (Å²) in [6.07, 6.45) is 6.89. The van der Waals surface area contributed by atoms with Crippen LogP contribution in [0.3, 0.4) is 0 Å². The summed E-state index contributed by atoms with van der Waals surface area (Å²) in [5.74, 6) is 1.95. The number of thioether (sulfide) groups is 1. The first-order valence-corrected chi connectivity index (χ1v) is 8.84. The highest BCUT2D eigenvalue weighted by atomic mass is 32.2. The molecule has 1 unspecified atom stereocenters. The Balaban J connectivity index is 2.50. The molecule has 0 aliphatic carbocycles. The van der Waals surface area contributed by atoms with E-state index in [0.717, 1.165) is 16.1 Å². The minimum atomic E-state index is -0.499. The number of nitriles is 1. The van der Waals surface area contributed by atoms with Gasteiger partial charge in [-0.25, -0.2) is 4.79 Å². The molecule has 0 spiro atoms. The van der Waals surface area contributed by atoms with Gasteiger partial charge in [0.2, 0.25) is 0 Å². The monoisotopic (exact) mass is 340 g/mol. The molecule has 5 nitrogen and oxygen atoms in total. The van der Waals surface area contributed by atoms with Crippen LogP contribution in [0.25, 0.3) is 4.83 Å². The fraction of sp³-hybridized carbons (Fsp3) is 0.188. The fourth-order valence-electron chi connectivity index (χ4n) is 2.65. The predicted octanol–water partition coefficient (Wildman–Crippen LogP) is 2.82. The molecule has 3 rings (SSSR count). The van der Waals surface area contributed by atoms with Gasteiger partial charge in [0.25, 0.3) is 0 Å². The van der Waals surface area contributed by atoms with Crippen LogP contribution in [0.15, 0.2) is 33.0 Å². The maximum atomic E-state index is 11.3. The van der Waals surface area contributed by atoms with Gasteiger partial charge in [0.1, 0.15) is 33.9 Å². The number of aryl methyl sites for hydroxylation is 1. The fourth-order valence-corrected chi connectivity index (χ4v) is 4.56. The van der Waals surface area contributed by atoms with Crippen molar-refractivity contribution in [3.8, 4) is 6.07 Å². The predicted molar refractivity (Wildman–Crippen MR) is 91.9 cm³/mol. The van der Waals surface area contributed by atoms with Crippen molar-refractivity contribution < 1.29 is 4.79 Å². The zero-order valence-corrected chi connectivity index (χ0v) is 14.1. The summed E-state index contributed by atoms with van der Waals surface area (Å²) in [5.41, 5.74) is 2.58. The number of dihydropyridines is 1. The van der Waals surface area contributed by atoms with E-state index < -0.39 is 6.04 Å². The van der Waals surface area contributed by atoms with Gasteiger partial charge in [0, 0.05) is 27.7 Å². The lowest BCUT2D eigenvalue weighted by Gasteiger charge is -2.19. The summed E-state index contributed by atoms with van der Waals surface area (Å²) in [4.78, 5) is 17.3. The number of nitrogens with one attached hydrogen (secondary N) is 1. The van der Waals surface area contributed by atoms with Crippen molar-refractivity contribution in [2.75, 3.05) is 6.26 Å². The van der Waals surface area contributed by atoms with Gasteiger partial charge in [-0.3, -0.25) is 14.8 Å². The number of carbonyl (C=O) groups excluding carboxylic acids is 1. The number of rotatable bonds is 2. The molecule has 0 fully saturated rings. The largest absolute Gasteiger partial charge is 0.288 e. The van der Waals surface area contributed by atoms with E-state index in [1.165, 1.54) is 23.1 Å². The Bertz CT molecular complexity index is 1010. The summed E-state index contributed by atoms with van der Waals surface area (Å²) in [5, 5.41) is 19.8. The molecule has 1 N–H and O–H groups in total. The summed E-state index contributed by atoms with van der Waals surface area (Å²) in [6.45, 7) is 1.89. The number of aromatic nitrogens is 1. The van der Waals surface area contributed by atoms with Crippen molar-refractivity contribution in [2.24, 2.45) is 4.99 Å². The Morgan fingerprint density at radius 2 is 2.30 bits per heavy atom. The molecular formula is C16H12N4OS2. The van der Waals surface area contributed by atoms with Crippen molar-refractivity contribution in [2.45, 2.75) is 17.9 Å². The Labute approximate surface area is 140 Å². The van der Waals surface area contributed by atoms with Gasteiger partial charge in [0.05, 0.1) is 5.57 Å². The van der Waals surface area contributed by atoms with Crippen LogP contribution in [0.1, 0.15) is 22.9 Å². The molecule has 0 aromatic carbocycles. The molecule has 1 atom stereocenters. The molecule has 2 aromatic rings. The Morgan fingerprint density at radius 3 is 2.96 bits per heavy atom. The average molecular weight is 340 g/mol. The van der Waals surface area contributed by atoms with Crippen LogP contribution >= 0.6 is 23.1 Å². The molecule has 2 aromatic heterocycles. The first-order chi connectivity index (χ1) is 11.1. The zero-order valence-electron chi connectivity index (χ0n) is 12.5. The first-order valence-electron chi connectivity index (χ1n) is 6.74. The molecule has 0 saturated heterocycles. The highest BCUT2D eigenvalue weighted by Gasteiger charge is 2.27. The summed E-state index contributed by atoms with van der Waals surface area (Å²) in [6, 6.07) is 1.63. The number of hydrogen-bond donors (Lipinski definition) is 1. The molecule has 1 aliphatic heterocycles. The average Bonchev–Trinajstić information content (AvgIpc) is 2.96. The lowest BCUT2D eigenvalue weighted by molar-refractivity contribution is 0.565. The van der Waals surface area contributed by atoms with E-state index in [1.54, 1.807) is 22.8 Å². The molecule has 3 heterocycles. The number of aliphatic imine (C=N–C) groups is 1. The minimum absolute atomic E-state index is 0.168. The van der Waals surface area contributed by atoms with Crippen molar-refractivity contribution in [3.05, 3.63) is 45.4 Å². The Hall–Kier alpha value is -2.39. The van der Waals surface area contributed by atoms with E-state index >= 15 is 0 Å². The second kappa shape index (κ2) is 6.01. The number of fused-ring (bicyclic) bond motifs is 1. The lowest BCUT2D eigenvalue weighted by Crippen LogP contribution is -2.21. The summed E-state index contributed by atoms with van der Waals surface area (Å²) < 4.78 is 1.74. The van der Waals surface area contributed by atoms with E-state index in [9.17, 15) is 10.1 Å². The highest BCUT2D eigenvalue weighted by Crippen LogP contribution is 2.39. The van der Waals surface area contributed by atoms with Gasteiger partial charge in [-0.2, -0.15) is 5.26 Å². The van der Waals surface area contributed by atoms with E-state index in [1.807, 2.05) is 24.5 Å². The normalized spacial score (nSPS) is 16.6. The molecule has 0 saturated carbocycles. The molecule has 0 radical (unpaired) electrons. The van der Waals surface area contributed by atoms with Crippen LogP contribution in [-0.4, -0.2) is 22.8 Å². The quantitative estimate of drug-likeness (QED) is 0.674. The van der Waals surface area contributed by atoms with Gasteiger partial charge >= 0.3 is 0 Å². The molecular weight excluding hydrogens is 328 g/mol. The Morgan fingerprint density at radius 1 is 1.52 bits per heavy atom. The lowest BCUT2D eigenvalue weighted by atomic mass is 9.98. The third kappa shape index (κ3) is 2.28. The van der Waals surface area contributed by atoms with Crippen molar-refractivity contribution in [1.82, 2.24) is 4.40 Å². The zero-order chi connectivity index (χ0) is 16.6. The SMILES string of the molecule is CSc1c(C#N)c(=N)n2c(C)csc2c1C1N=CC=CC1=C=O. The maximum Gasteiger partial charge on any atom is 0.149 e. The van der Waals surface area contributed by atoms with Crippen molar-refractivity contribution >= 4 is 40.1 Å². The van der Waals surface area contributed by atoms with Gasteiger partial charge in [-0.05, 0) is 25.3 Å². The molecule has 1 aliphatic rings. The molecule has 23 heavy (non-hydrogen) atoms. The number of allylic oxidation sites excluding steroid dienone is 1. The van der Waals surface area contributed by atoms with E-state index in [4.69, 9.17) is 5.41 Å². The molecule has 7 heteroatoms. The van der Waals surface area contributed by atoms with Gasteiger partial charge < -0.3 is 0 Å². The van der Waals surface area contributed by atoms with Crippen LogP contribution in [0, 0.1) is 23.7 Å². The number of pyridine rings is 1. The highest BCUT2D eigenvalue weighted by molar-refractivity contribution is 7.98. The molecule has 114 valence electrons. The topological polar surface area (TPSA) is 81.5 Å². The van der Waals surface area contributed by atoms with Crippen molar-refractivity contribution in [1.29, 1.82) is 10.7 Å². The van der Waals surface area contributed by atoms with E-state index in [-0.39, 0.29) is 5.49 Å². The second-order valence-electron chi connectivity index (χ2n) is 4.92. The van der Waals surface area contributed by atoms with Gasteiger partial charge in [0.15, 0.2) is 0 Å². The van der Waals surface area contributed by atoms with Crippen LogP contribution in [0.5, 0.6) is 0 Å². The number of hydrogen-bond acceptors (Lipinski definition) is 6. The molecule has 0 bridgehead atoms. The summed E-state index contributed by atoms with van der Waals surface area (Å²) in [7, 11) is 0. The van der Waals surface area contributed by atoms with Crippen LogP contribution in [0.4, 0.5) is 0 Å². The minimum Gasteiger partial charge on any atom is -0.288 e. The van der Waals surface area contributed by atoms with Crippen LogP contribution in [-0.2, 0) is 4.79 Å². The third-order valence-corrected chi connectivity index (χ3v) is 5.58. The summed E-state index contributed by atoms with van der Waals surface area (Å²) >= 11 is 2.89. The van der Waals surface area contributed by atoms with Gasteiger partial charge in [-0.15, -0.1) is 23.1 Å². The number of nitrogens with zero attached hydrogens (tertiary/aromatic N) is 3. The van der Waals surface area contributed by atoms with Crippen LogP contribution < -0.4 is 5.49 Å². The third-order valence-electron chi connectivity index (χ3n) is 3.66. The smallest absolute Gasteiger partial charge is 0.149 e. The van der Waals surface area contributed by atoms with Gasteiger partial charge in [-0.1, -0.05) is 0 Å². The van der Waals surface area contributed by atoms with Crippen LogP contribution in [0.2, 0.25) is 0 Å². The Kier molecular flexibility index (Phi) is 4.05. The maximum absolute atomic E-state index is 11.3. The standard InChI is InChI=1S/C16H12N4OS2/c1-9-8-23-16-12(13-10(7-21)4-3-5-19-13)14(22-2)11(6-17)15(18)20(9)16/h3-5,8,13,18H,1-2H3. The first kappa shape index (κ1) is 15.5. The van der Waals surface area contributed by atoms with E-state index in [2.05, 4.69) is 11.1 Å². The van der Waals surface area contributed by atoms with Crippen molar-refractivity contribution in [3.63, 3.8) is 0 Å². The number of thiazole rings is 1.